The van der Waals surface area contributed by atoms with E-state index in [9.17, 15) is 8.42 Å². The quantitative estimate of drug-likeness (QED) is 0.850. The summed E-state index contributed by atoms with van der Waals surface area (Å²) in [7, 11) is -3.81. The Labute approximate surface area is 130 Å². The number of ether oxygens (including phenoxy) is 2. The number of hydrogen-bond acceptors (Lipinski definition) is 6. The van der Waals surface area contributed by atoms with Gasteiger partial charge in [0.2, 0.25) is 10.0 Å². The lowest BCUT2D eigenvalue weighted by Gasteiger charge is -2.48. The molecule has 3 rings (SSSR count). The molecule has 0 bridgehead atoms. The van der Waals surface area contributed by atoms with Gasteiger partial charge in [-0.15, -0.1) is 0 Å². The van der Waals surface area contributed by atoms with Crippen LogP contribution in [0.2, 0.25) is 0 Å². The fourth-order valence-corrected chi connectivity index (χ4v) is 3.95. The summed E-state index contributed by atoms with van der Waals surface area (Å²) in [6.07, 6.45) is 3.17. The Morgan fingerprint density at radius 1 is 1.41 bits per heavy atom. The molecule has 0 aliphatic carbocycles. The van der Waals surface area contributed by atoms with E-state index in [1.165, 1.54) is 6.07 Å². The van der Waals surface area contributed by atoms with E-state index < -0.39 is 10.0 Å². The van der Waals surface area contributed by atoms with Crippen LogP contribution in [0.15, 0.2) is 23.2 Å². The third-order valence-electron chi connectivity index (χ3n) is 4.17. The molecule has 3 heterocycles. The number of aromatic nitrogens is 1. The molecule has 1 unspecified atom stereocenters. The second-order valence-corrected chi connectivity index (χ2v) is 7.50. The Morgan fingerprint density at radius 3 is 2.82 bits per heavy atom. The molecular formula is C14H21N3O4S. The van der Waals surface area contributed by atoms with Crippen LogP contribution in [-0.2, 0) is 19.5 Å². The summed E-state index contributed by atoms with van der Waals surface area (Å²) >= 11 is 0. The van der Waals surface area contributed by atoms with Gasteiger partial charge in [-0.05, 0) is 19.1 Å². The van der Waals surface area contributed by atoms with Gasteiger partial charge in [-0.1, -0.05) is 0 Å². The van der Waals surface area contributed by atoms with Crippen LogP contribution in [0.4, 0.5) is 5.82 Å². The van der Waals surface area contributed by atoms with Crippen molar-refractivity contribution in [3.8, 4) is 0 Å². The number of nitrogens with zero attached hydrogens (tertiary/aromatic N) is 2. The second-order valence-electron chi connectivity index (χ2n) is 5.97. The molecule has 0 radical (unpaired) electrons. The Balaban J connectivity index is 1.95. The number of nitrogens with two attached hydrogens (primary N) is 1. The molecule has 1 spiro atoms. The largest absolute Gasteiger partial charge is 0.381 e. The van der Waals surface area contributed by atoms with Crippen molar-refractivity contribution in [3.63, 3.8) is 0 Å². The van der Waals surface area contributed by atoms with Crippen molar-refractivity contribution < 1.29 is 17.9 Å². The zero-order valence-electron chi connectivity index (χ0n) is 12.6. The molecule has 22 heavy (non-hydrogen) atoms. The number of sulfonamides is 1. The van der Waals surface area contributed by atoms with E-state index in [1.54, 1.807) is 12.3 Å². The molecule has 1 aromatic rings. The molecule has 1 aromatic heterocycles. The first-order valence-corrected chi connectivity index (χ1v) is 8.93. The van der Waals surface area contributed by atoms with Crippen LogP contribution in [0.3, 0.4) is 0 Å². The van der Waals surface area contributed by atoms with E-state index in [1.807, 2.05) is 11.8 Å². The number of pyridine rings is 1. The van der Waals surface area contributed by atoms with Gasteiger partial charge >= 0.3 is 0 Å². The molecular weight excluding hydrogens is 306 g/mol. The van der Waals surface area contributed by atoms with Gasteiger partial charge in [0, 0.05) is 45.3 Å². The molecule has 1 atom stereocenters. The summed E-state index contributed by atoms with van der Waals surface area (Å²) in [5.41, 5.74) is -0.303. The lowest BCUT2D eigenvalue weighted by molar-refractivity contribution is -0.146. The van der Waals surface area contributed by atoms with Gasteiger partial charge in [-0.2, -0.15) is 0 Å². The number of primary sulfonamides is 1. The molecule has 0 aromatic carbocycles. The van der Waals surface area contributed by atoms with Crippen molar-refractivity contribution in [1.29, 1.82) is 0 Å². The Morgan fingerprint density at radius 2 is 2.14 bits per heavy atom. The molecule has 7 nitrogen and oxygen atoms in total. The van der Waals surface area contributed by atoms with Crippen LogP contribution in [0.25, 0.3) is 0 Å². The molecule has 2 N–H and O–H groups in total. The highest BCUT2D eigenvalue weighted by atomic mass is 32.2. The lowest BCUT2D eigenvalue weighted by atomic mass is 9.91. The lowest BCUT2D eigenvalue weighted by Crippen LogP contribution is -2.57. The molecule has 2 fully saturated rings. The van der Waals surface area contributed by atoms with Gasteiger partial charge in [-0.25, -0.2) is 18.5 Å². The number of anilines is 1. The summed E-state index contributed by atoms with van der Waals surface area (Å²) < 4.78 is 35.2. The first-order chi connectivity index (χ1) is 10.4. The average molecular weight is 327 g/mol. The fourth-order valence-electron chi connectivity index (χ4n) is 3.25. The van der Waals surface area contributed by atoms with Crippen molar-refractivity contribution >= 4 is 15.8 Å². The molecule has 8 heteroatoms. The van der Waals surface area contributed by atoms with Gasteiger partial charge < -0.3 is 14.4 Å². The smallest absolute Gasteiger partial charge is 0.241 e. The van der Waals surface area contributed by atoms with Crippen molar-refractivity contribution in [2.24, 2.45) is 5.14 Å². The van der Waals surface area contributed by atoms with Crippen LogP contribution in [0, 0.1) is 0 Å². The maximum absolute atomic E-state index is 11.8. The van der Waals surface area contributed by atoms with E-state index in [-0.39, 0.29) is 16.6 Å². The standard InChI is InChI=1S/C14H21N3O4S/c1-11-9-17(10-14(21-11)4-7-20-8-5-14)13-12(22(15,18)19)3-2-6-16-13/h2-3,6,11H,4-5,7-10H2,1H3,(H2,15,18,19). The summed E-state index contributed by atoms with van der Waals surface area (Å²) in [5, 5.41) is 5.32. The minimum Gasteiger partial charge on any atom is -0.381 e. The van der Waals surface area contributed by atoms with Crippen LogP contribution in [0.1, 0.15) is 19.8 Å². The first kappa shape index (κ1) is 15.7. The monoisotopic (exact) mass is 327 g/mol. The summed E-state index contributed by atoms with van der Waals surface area (Å²) in [6, 6.07) is 3.08. The second kappa shape index (κ2) is 5.77. The summed E-state index contributed by atoms with van der Waals surface area (Å²) in [6.45, 7) is 4.49. The number of morpholine rings is 1. The molecule has 2 saturated heterocycles. The van der Waals surface area contributed by atoms with E-state index in [2.05, 4.69) is 4.98 Å². The highest BCUT2D eigenvalue weighted by molar-refractivity contribution is 7.89. The number of hydrogen-bond donors (Lipinski definition) is 1. The molecule has 2 aliphatic heterocycles. The predicted octanol–water partition coefficient (Wildman–Crippen LogP) is 0.503. The Hall–Kier alpha value is -1.22. The maximum Gasteiger partial charge on any atom is 0.241 e. The first-order valence-electron chi connectivity index (χ1n) is 7.38. The highest BCUT2D eigenvalue weighted by Crippen LogP contribution is 2.34. The Bertz CT molecular complexity index is 643. The minimum atomic E-state index is -3.81. The van der Waals surface area contributed by atoms with Crippen molar-refractivity contribution in [3.05, 3.63) is 18.3 Å². The van der Waals surface area contributed by atoms with Crippen molar-refractivity contribution in [2.45, 2.75) is 36.4 Å². The fraction of sp³-hybridized carbons (Fsp3) is 0.643. The minimum absolute atomic E-state index is 0.0119. The van der Waals surface area contributed by atoms with E-state index in [4.69, 9.17) is 14.6 Å². The highest BCUT2D eigenvalue weighted by Gasteiger charge is 2.42. The third-order valence-corrected chi connectivity index (χ3v) is 5.10. The van der Waals surface area contributed by atoms with E-state index >= 15 is 0 Å². The molecule has 2 aliphatic rings. The van der Waals surface area contributed by atoms with Gasteiger partial charge in [0.25, 0.3) is 0 Å². The van der Waals surface area contributed by atoms with Gasteiger partial charge in [0.05, 0.1) is 11.7 Å². The Kier molecular flexibility index (Phi) is 4.11. The van der Waals surface area contributed by atoms with E-state index in [0.29, 0.717) is 32.1 Å². The van der Waals surface area contributed by atoms with Crippen LogP contribution in [0.5, 0.6) is 0 Å². The van der Waals surface area contributed by atoms with Gasteiger partial charge in [0.15, 0.2) is 0 Å². The van der Waals surface area contributed by atoms with E-state index in [0.717, 1.165) is 12.8 Å². The van der Waals surface area contributed by atoms with Gasteiger partial charge in [0.1, 0.15) is 10.7 Å². The summed E-state index contributed by atoms with van der Waals surface area (Å²) in [4.78, 5) is 6.29. The van der Waals surface area contributed by atoms with Gasteiger partial charge in [-0.3, -0.25) is 0 Å². The number of rotatable bonds is 2. The topological polar surface area (TPSA) is 94.8 Å². The third kappa shape index (κ3) is 3.10. The van der Waals surface area contributed by atoms with Crippen LogP contribution >= 0.6 is 0 Å². The SMILES string of the molecule is CC1CN(c2ncccc2S(N)(=O)=O)CC2(CCOCC2)O1. The van der Waals surface area contributed by atoms with Crippen LogP contribution < -0.4 is 10.0 Å². The maximum atomic E-state index is 11.8. The summed E-state index contributed by atoms with van der Waals surface area (Å²) in [5.74, 6) is 0.408. The average Bonchev–Trinajstić information content (AvgIpc) is 2.46. The zero-order valence-corrected chi connectivity index (χ0v) is 13.4. The van der Waals surface area contributed by atoms with Crippen LogP contribution in [-0.4, -0.2) is 51.4 Å². The molecule has 122 valence electrons. The normalized spacial score (nSPS) is 25.4. The zero-order chi connectivity index (χ0) is 15.8. The predicted molar refractivity (Wildman–Crippen MR) is 81.2 cm³/mol. The van der Waals surface area contributed by atoms with Crippen molar-refractivity contribution in [1.82, 2.24) is 4.98 Å². The molecule has 0 amide bonds. The molecule has 0 saturated carbocycles. The van der Waals surface area contributed by atoms with Crippen molar-refractivity contribution in [2.75, 3.05) is 31.2 Å².